The summed E-state index contributed by atoms with van der Waals surface area (Å²) in [6.45, 7) is 6.82. The van der Waals surface area contributed by atoms with Gasteiger partial charge in [-0.25, -0.2) is 0 Å². The Balaban J connectivity index is 2.26. The van der Waals surface area contributed by atoms with E-state index in [1.54, 1.807) is 0 Å². The summed E-state index contributed by atoms with van der Waals surface area (Å²) < 4.78 is 0. The smallest absolute Gasteiger partial charge is 0.158 e. The lowest BCUT2D eigenvalue weighted by Gasteiger charge is -2.26. The molecule has 0 aromatic carbocycles. The second-order valence-electron chi connectivity index (χ2n) is 4.79. The normalized spacial score (nSPS) is 27.9. The third kappa shape index (κ3) is 4.35. The molecule has 1 aliphatic rings. The zero-order valence-corrected chi connectivity index (χ0v) is 10.3. The van der Waals surface area contributed by atoms with Crippen LogP contribution in [0.15, 0.2) is 0 Å². The van der Waals surface area contributed by atoms with Crippen molar-refractivity contribution in [3.63, 3.8) is 0 Å². The molecule has 5 heteroatoms. The molecular formula is C11H25N3O2. The summed E-state index contributed by atoms with van der Waals surface area (Å²) in [7, 11) is 0. The number of hydrogen-bond donors (Lipinski definition) is 4. The maximum atomic E-state index is 9.92. The molecule has 4 atom stereocenters. The minimum atomic E-state index is -1.06. The molecule has 0 aliphatic carbocycles. The fraction of sp³-hybridized carbons (Fsp3) is 1.00. The van der Waals surface area contributed by atoms with Gasteiger partial charge in [-0.15, -0.1) is 0 Å². The van der Waals surface area contributed by atoms with Crippen molar-refractivity contribution in [2.45, 2.75) is 45.2 Å². The van der Waals surface area contributed by atoms with Crippen molar-refractivity contribution in [1.82, 2.24) is 10.2 Å². The average Bonchev–Trinajstić information content (AvgIpc) is 2.64. The van der Waals surface area contributed by atoms with Gasteiger partial charge >= 0.3 is 0 Å². The quantitative estimate of drug-likeness (QED) is 0.454. The van der Waals surface area contributed by atoms with E-state index in [1.807, 2.05) is 6.92 Å². The standard InChI is InChI=1S/C11H25N3O2/c1-3-9-4-5-14(6-9)7-10(15)8(2)13-11(12)16/h8-11,13,15-16H,3-7,12H2,1-2H3. The summed E-state index contributed by atoms with van der Waals surface area (Å²) in [4.78, 5) is 2.28. The molecule has 5 nitrogen and oxygen atoms in total. The Hall–Kier alpha value is -0.200. The summed E-state index contributed by atoms with van der Waals surface area (Å²) in [5, 5.41) is 21.6. The molecule has 5 N–H and O–H groups in total. The maximum absolute atomic E-state index is 9.92. The van der Waals surface area contributed by atoms with Gasteiger partial charge in [0.15, 0.2) is 6.35 Å². The predicted octanol–water partition coefficient (Wildman–Crippen LogP) is -0.708. The predicted molar refractivity (Wildman–Crippen MR) is 63.6 cm³/mol. The van der Waals surface area contributed by atoms with Crippen LogP contribution >= 0.6 is 0 Å². The first-order valence-electron chi connectivity index (χ1n) is 6.13. The number of aliphatic hydroxyl groups excluding tert-OH is 2. The Bertz CT molecular complexity index is 202. The van der Waals surface area contributed by atoms with Gasteiger partial charge in [0, 0.05) is 19.1 Å². The van der Waals surface area contributed by atoms with Gasteiger partial charge in [-0.3, -0.25) is 11.1 Å². The molecule has 96 valence electrons. The van der Waals surface area contributed by atoms with Crippen molar-refractivity contribution in [3.8, 4) is 0 Å². The Morgan fingerprint density at radius 2 is 2.19 bits per heavy atom. The van der Waals surface area contributed by atoms with E-state index >= 15 is 0 Å². The van der Waals surface area contributed by atoms with Gasteiger partial charge in [0.1, 0.15) is 0 Å². The van der Waals surface area contributed by atoms with Crippen LogP contribution in [0.2, 0.25) is 0 Å². The molecule has 4 unspecified atom stereocenters. The zero-order valence-electron chi connectivity index (χ0n) is 10.3. The first-order chi connectivity index (χ1) is 7.52. The fourth-order valence-electron chi connectivity index (χ4n) is 2.21. The first kappa shape index (κ1) is 13.9. The van der Waals surface area contributed by atoms with Gasteiger partial charge in [-0.2, -0.15) is 0 Å². The van der Waals surface area contributed by atoms with E-state index in [2.05, 4.69) is 17.1 Å². The topological polar surface area (TPSA) is 81.8 Å². The molecule has 0 spiro atoms. The Labute approximate surface area is 97.6 Å². The number of aliphatic hydroxyl groups is 2. The van der Waals surface area contributed by atoms with Crippen LogP contribution in [0.3, 0.4) is 0 Å². The largest absolute Gasteiger partial charge is 0.390 e. The van der Waals surface area contributed by atoms with Gasteiger partial charge in [0.05, 0.1) is 6.10 Å². The maximum Gasteiger partial charge on any atom is 0.158 e. The van der Waals surface area contributed by atoms with E-state index in [-0.39, 0.29) is 6.04 Å². The van der Waals surface area contributed by atoms with Gasteiger partial charge in [0.25, 0.3) is 0 Å². The molecule has 1 saturated heterocycles. The first-order valence-corrected chi connectivity index (χ1v) is 6.13. The van der Waals surface area contributed by atoms with E-state index < -0.39 is 12.5 Å². The van der Waals surface area contributed by atoms with Gasteiger partial charge in [0.2, 0.25) is 0 Å². The highest BCUT2D eigenvalue weighted by molar-refractivity contribution is 4.80. The summed E-state index contributed by atoms with van der Waals surface area (Å²) in [5.74, 6) is 0.774. The molecule has 0 aromatic heterocycles. The molecular weight excluding hydrogens is 206 g/mol. The van der Waals surface area contributed by atoms with E-state index in [0.717, 1.165) is 19.0 Å². The van der Waals surface area contributed by atoms with Crippen LogP contribution in [0.1, 0.15) is 26.7 Å². The highest BCUT2D eigenvalue weighted by atomic mass is 16.3. The van der Waals surface area contributed by atoms with Crippen molar-refractivity contribution in [2.24, 2.45) is 11.7 Å². The van der Waals surface area contributed by atoms with Crippen LogP contribution in [0.25, 0.3) is 0 Å². The van der Waals surface area contributed by atoms with E-state index in [9.17, 15) is 5.11 Å². The van der Waals surface area contributed by atoms with Crippen molar-refractivity contribution < 1.29 is 10.2 Å². The molecule has 1 fully saturated rings. The lowest BCUT2D eigenvalue weighted by molar-refractivity contribution is 0.0550. The van der Waals surface area contributed by atoms with Gasteiger partial charge in [-0.1, -0.05) is 13.3 Å². The van der Waals surface area contributed by atoms with Crippen molar-refractivity contribution in [3.05, 3.63) is 0 Å². The molecule has 0 amide bonds. The molecule has 1 heterocycles. The number of likely N-dealkylation sites (tertiary alicyclic amines) is 1. The second-order valence-corrected chi connectivity index (χ2v) is 4.79. The zero-order chi connectivity index (χ0) is 12.1. The number of nitrogens with one attached hydrogen (secondary N) is 1. The second kappa shape index (κ2) is 6.51. The number of nitrogens with zero attached hydrogens (tertiary/aromatic N) is 1. The fourth-order valence-corrected chi connectivity index (χ4v) is 2.21. The number of hydrogen-bond acceptors (Lipinski definition) is 5. The SMILES string of the molecule is CCC1CCN(CC(O)C(C)NC(N)O)C1. The van der Waals surface area contributed by atoms with E-state index in [4.69, 9.17) is 10.8 Å². The molecule has 1 aliphatic heterocycles. The monoisotopic (exact) mass is 231 g/mol. The highest BCUT2D eigenvalue weighted by Gasteiger charge is 2.25. The molecule has 16 heavy (non-hydrogen) atoms. The number of β-amino-alcohol motifs (C(OH)–C–C–N with tert-alkyl or cyclic N) is 1. The van der Waals surface area contributed by atoms with Crippen LogP contribution in [0.4, 0.5) is 0 Å². The Morgan fingerprint density at radius 1 is 1.50 bits per heavy atom. The summed E-state index contributed by atoms with van der Waals surface area (Å²) >= 11 is 0. The minimum absolute atomic E-state index is 0.194. The minimum Gasteiger partial charge on any atom is -0.390 e. The van der Waals surface area contributed by atoms with Crippen molar-refractivity contribution >= 4 is 0 Å². The average molecular weight is 231 g/mol. The van der Waals surface area contributed by atoms with Crippen LogP contribution in [0.5, 0.6) is 0 Å². The van der Waals surface area contributed by atoms with Crippen molar-refractivity contribution in [1.29, 1.82) is 0 Å². The summed E-state index contributed by atoms with van der Waals surface area (Å²) in [6.07, 6.45) is 0.882. The third-order valence-corrected chi connectivity index (χ3v) is 3.40. The number of rotatable bonds is 6. The van der Waals surface area contributed by atoms with Gasteiger partial charge in [-0.05, 0) is 25.8 Å². The van der Waals surface area contributed by atoms with Crippen LogP contribution in [-0.2, 0) is 0 Å². The molecule has 1 rings (SSSR count). The Morgan fingerprint density at radius 3 is 2.69 bits per heavy atom. The lowest BCUT2D eigenvalue weighted by Crippen LogP contribution is -2.50. The van der Waals surface area contributed by atoms with E-state index in [0.29, 0.717) is 6.54 Å². The van der Waals surface area contributed by atoms with Crippen LogP contribution < -0.4 is 11.1 Å². The van der Waals surface area contributed by atoms with E-state index in [1.165, 1.54) is 12.8 Å². The number of nitrogens with two attached hydrogens (primary N) is 1. The summed E-state index contributed by atoms with van der Waals surface area (Å²) in [5.41, 5.74) is 5.20. The van der Waals surface area contributed by atoms with Crippen LogP contribution in [0, 0.1) is 5.92 Å². The lowest BCUT2D eigenvalue weighted by atomic mass is 10.1. The summed E-state index contributed by atoms with van der Waals surface area (Å²) in [6, 6.07) is -0.194. The van der Waals surface area contributed by atoms with Gasteiger partial charge < -0.3 is 15.1 Å². The van der Waals surface area contributed by atoms with Crippen molar-refractivity contribution in [2.75, 3.05) is 19.6 Å². The Kier molecular flexibility index (Phi) is 5.64. The van der Waals surface area contributed by atoms with Crippen LogP contribution in [-0.4, -0.2) is 53.2 Å². The third-order valence-electron chi connectivity index (χ3n) is 3.40. The molecule has 0 saturated carbocycles. The molecule has 0 aromatic rings. The highest BCUT2D eigenvalue weighted by Crippen LogP contribution is 2.19. The molecule has 0 radical (unpaired) electrons. The molecule has 0 bridgehead atoms.